The van der Waals surface area contributed by atoms with Gasteiger partial charge in [0.1, 0.15) is 0 Å². The summed E-state index contributed by atoms with van der Waals surface area (Å²) >= 11 is 0. The zero-order valence-electron chi connectivity index (χ0n) is 18.1. The second kappa shape index (κ2) is 9.16. The van der Waals surface area contributed by atoms with Gasteiger partial charge in [0.05, 0.1) is 12.2 Å². The molecule has 0 radical (unpaired) electrons. The molecule has 0 saturated carbocycles. The number of morpholine rings is 1. The van der Waals surface area contributed by atoms with Crippen molar-refractivity contribution in [3.8, 4) is 0 Å². The van der Waals surface area contributed by atoms with Gasteiger partial charge in [-0.05, 0) is 37.8 Å². The Morgan fingerprint density at radius 1 is 1.00 bits per heavy atom. The van der Waals surface area contributed by atoms with Crippen LogP contribution in [-0.4, -0.2) is 72.5 Å². The third-order valence-corrected chi connectivity index (χ3v) is 5.89. The van der Waals surface area contributed by atoms with Crippen molar-refractivity contribution in [2.45, 2.75) is 38.9 Å². The predicted octanol–water partition coefficient (Wildman–Crippen LogP) is 2.44. The summed E-state index contributed by atoms with van der Waals surface area (Å²) in [5, 5.41) is 4.55. The van der Waals surface area contributed by atoms with Gasteiger partial charge < -0.3 is 10.1 Å². The fraction of sp³-hybridized carbons (Fsp3) is 0.458. The predicted molar refractivity (Wildman–Crippen MR) is 118 cm³/mol. The molecule has 7 heteroatoms. The van der Waals surface area contributed by atoms with Crippen LogP contribution >= 0.6 is 0 Å². The van der Waals surface area contributed by atoms with Crippen LogP contribution in [0.1, 0.15) is 47.4 Å². The molecule has 0 bridgehead atoms. The first-order chi connectivity index (χ1) is 14.9. The first-order valence-electron chi connectivity index (χ1n) is 11.0. The number of amides is 3. The third kappa shape index (κ3) is 4.62. The van der Waals surface area contributed by atoms with Crippen LogP contribution in [0.25, 0.3) is 10.8 Å². The molecule has 2 aromatic rings. The Hall–Kier alpha value is -2.77. The van der Waals surface area contributed by atoms with Crippen molar-refractivity contribution in [1.82, 2.24) is 15.1 Å². The molecule has 1 N–H and O–H groups in total. The van der Waals surface area contributed by atoms with Gasteiger partial charge >= 0.3 is 0 Å². The zero-order chi connectivity index (χ0) is 22.0. The number of carbonyl (C=O) groups excluding carboxylic acids is 3. The Morgan fingerprint density at radius 3 is 2.23 bits per heavy atom. The maximum Gasteiger partial charge on any atom is 0.261 e. The zero-order valence-corrected chi connectivity index (χ0v) is 18.1. The van der Waals surface area contributed by atoms with Crippen molar-refractivity contribution < 1.29 is 19.1 Å². The van der Waals surface area contributed by atoms with Crippen molar-refractivity contribution >= 4 is 28.5 Å². The second-order valence-corrected chi connectivity index (χ2v) is 8.44. The highest BCUT2D eigenvalue weighted by atomic mass is 16.5. The number of nitrogens with one attached hydrogen (secondary N) is 1. The average Bonchev–Trinajstić information content (AvgIpc) is 2.73. The molecule has 1 fully saturated rings. The smallest absolute Gasteiger partial charge is 0.261 e. The molecule has 4 rings (SSSR count). The second-order valence-electron chi connectivity index (χ2n) is 8.44. The van der Waals surface area contributed by atoms with Gasteiger partial charge in [0, 0.05) is 55.7 Å². The molecule has 2 atom stereocenters. The Morgan fingerprint density at radius 2 is 1.61 bits per heavy atom. The molecule has 0 aliphatic carbocycles. The van der Waals surface area contributed by atoms with E-state index in [9.17, 15) is 14.4 Å². The minimum absolute atomic E-state index is 0.0613. The number of rotatable bonds is 7. The number of imide groups is 1. The number of hydrogen-bond donors (Lipinski definition) is 1. The lowest BCUT2D eigenvalue weighted by atomic mass is 9.94. The summed E-state index contributed by atoms with van der Waals surface area (Å²) in [4.78, 5) is 41.5. The molecule has 2 aliphatic heterocycles. The Labute approximate surface area is 182 Å². The molecule has 2 aliphatic rings. The molecule has 0 unspecified atom stereocenters. The van der Waals surface area contributed by atoms with Crippen molar-refractivity contribution in [1.29, 1.82) is 0 Å². The van der Waals surface area contributed by atoms with Gasteiger partial charge in [-0.15, -0.1) is 0 Å². The Kier molecular flexibility index (Phi) is 6.34. The summed E-state index contributed by atoms with van der Waals surface area (Å²) in [6.07, 6.45) is 1.12. The summed E-state index contributed by atoms with van der Waals surface area (Å²) in [7, 11) is 0. The highest BCUT2D eigenvalue weighted by Gasteiger charge is 2.32. The van der Waals surface area contributed by atoms with E-state index < -0.39 is 0 Å². The van der Waals surface area contributed by atoms with Crippen molar-refractivity contribution in [3.63, 3.8) is 0 Å². The molecule has 31 heavy (non-hydrogen) atoms. The van der Waals surface area contributed by atoms with Gasteiger partial charge in [-0.25, -0.2) is 0 Å². The Bertz CT molecular complexity index is 945. The van der Waals surface area contributed by atoms with Crippen molar-refractivity contribution in [2.24, 2.45) is 0 Å². The third-order valence-electron chi connectivity index (χ3n) is 5.89. The monoisotopic (exact) mass is 423 g/mol. The molecule has 3 amide bonds. The number of benzene rings is 2. The topological polar surface area (TPSA) is 79.0 Å². The quantitative estimate of drug-likeness (QED) is 0.692. The van der Waals surface area contributed by atoms with E-state index in [2.05, 4.69) is 24.1 Å². The summed E-state index contributed by atoms with van der Waals surface area (Å²) in [6.45, 7) is 7.45. The summed E-state index contributed by atoms with van der Waals surface area (Å²) in [5.41, 5.74) is 1.09. The van der Waals surface area contributed by atoms with Gasteiger partial charge in [-0.1, -0.05) is 24.3 Å². The molecule has 0 spiro atoms. The molecular weight excluding hydrogens is 394 g/mol. The highest BCUT2D eigenvalue weighted by molar-refractivity contribution is 6.25. The van der Waals surface area contributed by atoms with Crippen LogP contribution in [0.5, 0.6) is 0 Å². The van der Waals surface area contributed by atoms with Crippen LogP contribution in [0, 0.1) is 0 Å². The van der Waals surface area contributed by atoms with E-state index in [0.717, 1.165) is 30.4 Å². The lowest BCUT2D eigenvalue weighted by Gasteiger charge is -2.35. The fourth-order valence-corrected chi connectivity index (χ4v) is 4.59. The summed E-state index contributed by atoms with van der Waals surface area (Å²) < 4.78 is 5.72. The molecular formula is C24H29N3O4. The largest absolute Gasteiger partial charge is 0.373 e. The van der Waals surface area contributed by atoms with E-state index in [1.165, 1.54) is 4.90 Å². The van der Waals surface area contributed by atoms with Crippen LogP contribution in [0.4, 0.5) is 0 Å². The SMILES string of the molecule is C[C@@H]1CN(CCNC(=O)CCCN2C(=O)c3cccc4cccc(c34)C2=O)C[C@H](C)O1. The number of ether oxygens (including phenoxy) is 1. The van der Waals surface area contributed by atoms with Crippen molar-refractivity contribution in [3.05, 3.63) is 47.5 Å². The molecule has 2 heterocycles. The Balaban J connectivity index is 1.27. The molecule has 164 valence electrons. The van der Waals surface area contributed by atoms with Gasteiger partial charge in [0.2, 0.25) is 5.91 Å². The standard InChI is InChI=1S/C24H29N3O4/c1-16-14-26(15-17(2)31-16)13-11-25-21(28)10-5-12-27-23(29)19-8-3-6-18-7-4-9-20(22(18)19)24(27)30/h3-4,6-9,16-17H,5,10-15H2,1-2H3,(H,25,28)/t16-,17+. The maximum atomic E-state index is 12.9. The van der Waals surface area contributed by atoms with E-state index in [1.807, 2.05) is 24.3 Å². The molecule has 1 saturated heterocycles. The van der Waals surface area contributed by atoms with Crippen molar-refractivity contribution in [2.75, 3.05) is 32.7 Å². The van der Waals surface area contributed by atoms with Gasteiger partial charge in [-0.3, -0.25) is 24.2 Å². The van der Waals surface area contributed by atoms with Crippen LogP contribution < -0.4 is 5.32 Å². The molecule has 2 aromatic carbocycles. The van der Waals surface area contributed by atoms with Crippen LogP contribution in [0.15, 0.2) is 36.4 Å². The molecule has 7 nitrogen and oxygen atoms in total. The molecule has 0 aromatic heterocycles. The summed E-state index contributed by atoms with van der Waals surface area (Å²) in [6, 6.07) is 11.0. The van der Waals surface area contributed by atoms with E-state index in [4.69, 9.17) is 4.74 Å². The average molecular weight is 424 g/mol. The first-order valence-corrected chi connectivity index (χ1v) is 11.0. The number of carbonyl (C=O) groups is 3. The minimum Gasteiger partial charge on any atom is -0.373 e. The van der Waals surface area contributed by atoms with E-state index in [1.54, 1.807) is 12.1 Å². The van der Waals surface area contributed by atoms with E-state index in [0.29, 0.717) is 24.1 Å². The summed E-state index contributed by atoms with van der Waals surface area (Å²) in [5.74, 6) is -0.635. The van der Waals surface area contributed by atoms with Crippen LogP contribution in [0.2, 0.25) is 0 Å². The van der Waals surface area contributed by atoms with Gasteiger partial charge in [-0.2, -0.15) is 0 Å². The van der Waals surface area contributed by atoms with Gasteiger partial charge in [0.15, 0.2) is 0 Å². The first kappa shape index (κ1) is 21.5. The lowest BCUT2D eigenvalue weighted by Crippen LogP contribution is -2.47. The fourth-order valence-electron chi connectivity index (χ4n) is 4.59. The van der Waals surface area contributed by atoms with E-state index >= 15 is 0 Å². The van der Waals surface area contributed by atoms with E-state index in [-0.39, 0.29) is 42.9 Å². The number of hydrogen-bond acceptors (Lipinski definition) is 5. The number of nitrogens with zero attached hydrogens (tertiary/aromatic N) is 2. The normalized spacial score (nSPS) is 21.5. The highest BCUT2D eigenvalue weighted by Crippen LogP contribution is 2.30. The van der Waals surface area contributed by atoms with Gasteiger partial charge in [0.25, 0.3) is 11.8 Å². The van der Waals surface area contributed by atoms with Crippen LogP contribution in [-0.2, 0) is 9.53 Å². The minimum atomic E-state index is -0.287. The van der Waals surface area contributed by atoms with Crippen LogP contribution in [0.3, 0.4) is 0 Å². The lowest BCUT2D eigenvalue weighted by molar-refractivity contribution is -0.121. The maximum absolute atomic E-state index is 12.9.